The van der Waals surface area contributed by atoms with E-state index < -0.39 is 0 Å². The Morgan fingerprint density at radius 2 is 2.04 bits per heavy atom. The first-order chi connectivity index (χ1) is 13.2. The highest BCUT2D eigenvalue weighted by molar-refractivity contribution is 5.61. The molecule has 2 N–H and O–H groups in total. The lowest BCUT2D eigenvalue weighted by atomic mass is 10.2. The average Bonchev–Trinajstić information content (AvgIpc) is 3.18. The molecule has 0 unspecified atom stereocenters. The molecule has 0 saturated carbocycles. The van der Waals surface area contributed by atoms with Gasteiger partial charge in [-0.25, -0.2) is 4.98 Å². The maximum atomic E-state index is 9.34. The van der Waals surface area contributed by atoms with Crippen LogP contribution in [0.3, 0.4) is 0 Å². The number of ether oxygens (including phenoxy) is 1. The lowest BCUT2D eigenvalue weighted by molar-refractivity contribution is 0.263. The van der Waals surface area contributed by atoms with Gasteiger partial charge in [-0.15, -0.1) is 0 Å². The SMILES string of the molecule is CNc1cc(C)nc(Nc2ccc(C#N)c(OCCCN3CCCC3)c2)n1. The van der Waals surface area contributed by atoms with E-state index in [-0.39, 0.29) is 0 Å². The molecule has 27 heavy (non-hydrogen) atoms. The third-order valence-corrected chi connectivity index (χ3v) is 4.54. The molecule has 1 saturated heterocycles. The number of benzene rings is 1. The van der Waals surface area contributed by atoms with E-state index in [1.54, 1.807) is 6.07 Å². The lowest BCUT2D eigenvalue weighted by Crippen LogP contribution is -2.22. The molecule has 7 nitrogen and oxygen atoms in total. The number of aromatic nitrogens is 2. The highest BCUT2D eigenvalue weighted by atomic mass is 16.5. The summed E-state index contributed by atoms with van der Waals surface area (Å²) in [7, 11) is 1.82. The van der Waals surface area contributed by atoms with Crippen LogP contribution in [0.15, 0.2) is 24.3 Å². The summed E-state index contributed by atoms with van der Waals surface area (Å²) in [5.41, 5.74) is 2.18. The van der Waals surface area contributed by atoms with Crippen LogP contribution in [0.4, 0.5) is 17.5 Å². The van der Waals surface area contributed by atoms with Crippen molar-refractivity contribution in [2.75, 3.05) is 43.9 Å². The number of nitrogens with one attached hydrogen (secondary N) is 2. The molecule has 2 heterocycles. The van der Waals surface area contributed by atoms with Crippen molar-refractivity contribution in [2.24, 2.45) is 0 Å². The van der Waals surface area contributed by atoms with Gasteiger partial charge < -0.3 is 20.3 Å². The predicted octanol–water partition coefficient (Wildman–Crippen LogP) is 3.31. The third-order valence-electron chi connectivity index (χ3n) is 4.54. The first-order valence-electron chi connectivity index (χ1n) is 9.37. The molecule has 1 aromatic carbocycles. The van der Waals surface area contributed by atoms with Crippen molar-refractivity contribution in [3.63, 3.8) is 0 Å². The van der Waals surface area contributed by atoms with Crippen molar-refractivity contribution in [3.05, 3.63) is 35.5 Å². The number of hydrogen-bond acceptors (Lipinski definition) is 7. The molecular weight excluding hydrogens is 340 g/mol. The van der Waals surface area contributed by atoms with Gasteiger partial charge in [0.25, 0.3) is 0 Å². The predicted molar refractivity (Wildman–Crippen MR) is 107 cm³/mol. The molecule has 2 aromatic rings. The van der Waals surface area contributed by atoms with E-state index in [4.69, 9.17) is 4.74 Å². The fraction of sp³-hybridized carbons (Fsp3) is 0.450. The van der Waals surface area contributed by atoms with Crippen LogP contribution in [0.1, 0.15) is 30.5 Å². The molecule has 0 amide bonds. The van der Waals surface area contributed by atoms with Crippen LogP contribution in [-0.2, 0) is 0 Å². The largest absolute Gasteiger partial charge is 0.492 e. The van der Waals surface area contributed by atoms with E-state index in [0.717, 1.165) is 30.2 Å². The molecule has 1 aliphatic rings. The third kappa shape index (κ3) is 5.31. The minimum atomic E-state index is 0.504. The van der Waals surface area contributed by atoms with Crippen LogP contribution in [0.25, 0.3) is 0 Å². The summed E-state index contributed by atoms with van der Waals surface area (Å²) in [5.74, 6) is 1.84. The Labute approximate surface area is 160 Å². The van der Waals surface area contributed by atoms with Crippen molar-refractivity contribution in [3.8, 4) is 11.8 Å². The molecule has 0 atom stereocenters. The van der Waals surface area contributed by atoms with Gasteiger partial charge in [-0.05, 0) is 51.4 Å². The minimum absolute atomic E-state index is 0.504. The first kappa shape index (κ1) is 18.9. The molecule has 1 aromatic heterocycles. The topological polar surface area (TPSA) is 86.1 Å². The Bertz CT molecular complexity index is 811. The van der Waals surface area contributed by atoms with E-state index in [1.807, 2.05) is 32.2 Å². The van der Waals surface area contributed by atoms with Crippen LogP contribution in [0.2, 0.25) is 0 Å². The van der Waals surface area contributed by atoms with Gasteiger partial charge in [0.2, 0.25) is 5.95 Å². The van der Waals surface area contributed by atoms with Gasteiger partial charge in [-0.2, -0.15) is 10.2 Å². The van der Waals surface area contributed by atoms with Crippen LogP contribution < -0.4 is 15.4 Å². The van der Waals surface area contributed by atoms with Crippen LogP contribution >= 0.6 is 0 Å². The van der Waals surface area contributed by atoms with Crippen molar-refractivity contribution >= 4 is 17.5 Å². The smallest absolute Gasteiger partial charge is 0.229 e. The summed E-state index contributed by atoms with van der Waals surface area (Å²) in [4.78, 5) is 11.2. The van der Waals surface area contributed by atoms with E-state index in [0.29, 0.717) is 23.9 Å². The second-order valence-corrected chi connectivity index (χ2v) is 6.67. The average molecular weight is 366 g/mol. The van der Waals surface area contributed by atoms with Crippen molar-refractivity contribution in [1.82, 2.24) is 14.9 Å². The number of rotatable bonds is 8. The number of likely N-dealkylation sites (tertiary alicyclic amines) is 1. The van der Waals surface area contributed by atoms with Gasteiger partial charge in [0.15, 0.2) is 0 Å². The fourth-order valence-corrected chi connectivity index (χ4v) is 3.17. The van der Waals surface area contributed by atoms with Crippen molar-refractivity contribution in [1.29, 1.82) is 5.26 Å². The van der Waals surface area contributed by atoms with Gasteiger partial charge in [0, 0.05) is 37.1 Å². The van der Waals surface area contributed by atoms with E-state index in [9.17, 15) is 5.26 Å². The Kier molecular flexibility index (Phi) is 6.44. The zero-order valence-electron chi connectivity index (χ0n) is 16.0. The summed E-state index contributed by atoms with van der Waals surface area (Å²) in [6.45, 7) is 5.94. The summed E-state index contributed by atoms with van der Waals surface area (Å²) >= 11 is 0. The number of nitrogens with zero attached hydrogens (tertiary/aromatic N) is 4. The molecule has 1 fully saturated rings. The quantitative estimate of drug-likeness (QED) is 0.693. The first-order valence-corrected chi connectivity index (χ1v) is 9.37. The van der Waals surface area contributed by atoms with Gasteiger partial charge in [-0.1, -0.05) is 0 Å². The molecule has 7 heteroatoms. The Hall–Kier alpha value is -2.85. The summed E-state index contributed by atoms with van der Waals surface area (Å²) in [6, 6.07) is 9.49. The number of nitriles is 1. The fourth-order valence-electron chi connectivity index (χ4n) is 3.17. The number of anilines is 3. The summed E-state index contributed by atoms with van der Waals surface area (Å²) in [6.07, 6.45) is 3.54. The molecule has 0 aliphatic carbocycles. The maximum absolute atomic E-state index is 9.34. The monoisotopic (exact) mass is 366 g/mol. The highest BCUT2D eigenvalue weighted by Crippen LogP contribution is 2.25. The maximum Gasteiger partial charge on any atom is 0.229 e. The van der Waals surface area contributed by atoms with Crippen molar-refractivity contribution in [2.45, 2.75) is 26.2 Å². The van der Waals surface area contributed by atoms with E-state index >= 15 is 0 Å². The molecule has 0 bridgehead atoms. The zero-order chi connectivity index (χ0) is 19.1. The summed E-state index contributed by atoms with van der Waals surface area (Å²) in [5, 5.41) is 15.5. The van der Waals surface area contributed by atoms with Crippen LogP contribution in [-0.4, -0.2) is 48.2 Å². The standard InChI is InChI=1S/C20H26N6O/c1-15-12-19(22-2)25-20(23-15)24-17-7-6-16(14-21)18(13-17)27-11-5-10-26-8-3-4-9-26/h6-7,12-13H,3-5,8-11H2,1-2H3,(H2,22,23,24,25). The van der Waals surface area contributed by atoms with E-state index in [2.05, 4.69) is 31.6 Å². The van der Waals surface area contributed by atoms with Crippen LogP contribution in [0, 0.1) is 18.3 Å². The van der Waals surface area contributed by atoms with Crippen LogP contribution in [0.5, 0.6) is 5.75 Å². The molecular formula is C20H26N6O. The normalized spacial score (nSPS) is 14.0. The second-order valence-electron chi connectivity index (χ2n) is 6.67. The Morgan fingerprint density at radius 1 is 1.22 bits per heavy atom. The van der Waals surface area contributed by atoms with Crippen molar-refractivity contribution < 1.29 is 4.74 Å². The van der Waals surface area contributed by atoms with Gasteiger partial charge >= 0.3 is 0 Å². The number of hydrogen-bond donors (Lipinski definition) is 2. The highest BCUT2D eigenvalue weighted by Gasteiger charge is 2.11. The molecule has 0 radical (unpaired) electrons. The van der Waals surface area contributed by atoms with Gasteiger partial charge in [0.1, 0.15) is 17.6 Å². The molecule has 1 aliphatic heterocycles. The number of aryl methyl sites for hydroxylation is 1. The Morgan fingerprint density at radius 3 is 2.78 bits per heavy atom. The molecule has 3 rings (SSSR count). The van der Waals surface area contributed by atoms with Gasteiger partial charge in [-0.3, -0.25) is 0 Å². The summed E-state index contributed by atoms with van der Waals surface area (Å²) < 4.78 is 5.89. The molecule has 142 valence electrons. The second kappa shape index (κ2) is 9.19. The minimum Gasteiger partial charge on any atom is -0.492 e. The lowest BCUT2D eigenvalue weighted by Gasteiger charge is -2.15. The van der Waals surface area contributed by atoms with E-state index in [1.165, 1.54) is 25.9 Å². The zero-order valence-corrected chi connectivity index (χ0v) is 16.0. The van der Waals surface area contributed by atoms with Gasteiger partial charge in [0.05, 0.1) is 12.2 Å². The Balaban J connectivity index is 1.64. The molecule has 0 spiro atoms.